The van der Waals surface area contributed by atoms with Crippen LogP contribution in [0.2, 0.25) is 0 Å². The van der Waals surface area contributed by atoms with E-state index in [0.717, 1.165) is 17.2 Å². The monoisotopic (exact) mass is 248 g/mol. The molecule has 1 atom stereocenters. The van der Waals surface area contributed by atoms with Gasteiger partial charge in [-0.2, -0.15) is 0 Å². The van der Waals surface area contributed by atoms with E-state index in [4.69, 9.17) is 5.84 Å². The van der Waals surface area contributed by atoms with Gasteiger partial charge < -0.3 is 0 Å². The Morgan fingerprint density at radius 1 is 1.06 bits per heavy atom. The number of nitrogens with one attached hydrogen (secondary N) is 1. The molecule has 2 aromatic carbocycles. The van der Waals surface area contributed by atoms with Gasteiger partial charge in [0.15, 0.2) is 11.6 Å². The zero-order valence-electron chi connectivity index (χ0n) is 9.95. The lowest BCUT2D eigenvalue weighted by molar-refractivity contribution is 0.483. The van der Waals surface area contributed by atoms with E-state index in [0.29, 0.717) is 0 Å². The van der Waals surface area contributed by atoms with Crippen LogP contribution in [0.15, 0.2) is 42.5 Å². The standard InChI is InChI=1S/C14H14F2N2/c1-9-5-7-10(8-6-9)14(18-17)11-3-2-4-12(15)13(11)16/h2-8,14,18H,17H2,1H3. The minimum Gasteiger partial charge on any atom is -0.271 e. The number of benzene rings is 2. The number of halogens is 2. The van der Waals surface area contributed by atoms with Crippen molar-refractivity contribution in [2.24, 2.45) is 5.84 Å². The summed E-state index contributed by atoms with van der Waals surface area (Å²) in [6.07, 6.45) is 0. The molecule has 0 radical (unpaired) electrons. The fraction of sp³-hybridized carbons (Fsp3) is 0.143. The molecule has 0 aromatic heterocycles. The summed E-state index contributed by atoms with van der Waals surface area (Å²) in [5.41, 5.74) is 4.59. The van der Waals surface area contributed by atoms with Gasteiger partial charge in [0.1, 0.15) is 0 Å². The molecule has 18 heavy (non-hydrogen) atoms. The molecule has 2 rings (SSSR count). The number of hydrogen-bond acceptors (Lipinski definition) is 2. The lowest BCUT2D eigenvalue weighted by atomic mass is 9.98. The highest BCUT2D eigenvalue weighted by Crippen LogP contribution is 2.25. The first-order valence-electron chi connectivity index (χ1n) is 5.60. The van der Waals surface area contributed by atoms with Crippen LogP contribution in [-0.2, 0) is 0 Å². The van der Waals surface area contributed by atoms with Gasteiger partial charge in [0.05, 0.1) is 6.04 Å². The number of hydrogen-bond donors (Lipinski definition) is 2. The van der Waals surface area contributed by atoms with Crippen LogP contribution in [-0.4, -0.2) is 0 Å². The summed E-state index contributed by atoms with van der Waals surface area (Å²) in [7, 11) is 0. The van der Waals surface area contributed by atoms with Crippen molar-refractivity contribution in [1.29, 1.82) is 0 Å². The van der Waals surface area contributed by atoms with Gasteiger partial charge in [0.2, 0.25) is 0 Å². The van der Waals surface area contributed by atoms with E-state index in [1.807, 2.05) is 31.2 Å². The average Bonchev–Trinajstić information content (AvgIpc) is 2.37. The lowest BCUT2D eigenvalue weighted by Crippen LogP contribution is -2.29. The molecule has 2 nitrogen and oxygen atoms in total. The van der Waals surface area contributed by atoms with E-state index < -0.39 is 17.7 Å². The van der Waals surface area contributed by atoms with Gasteiger partial charge in [-0.05, 0) is 18.6 Å². The molecule has 0 saturated carbocycles. The molecule has 2 aromatic rings. The SMILES string of the molecule is Cc1ccc(C(NN)c2cccc(F)c2F)cc1. The van der Waals surface area contributed by atoms with E-state index in [2.05, 4.69) is 5.43 Å². The molecule has 4 heteroatoms. The Hall–Kier alpha value is -1.78. The van der Waals surface area contributed by atoms with Gasteiger partial charge >= 0.3 is 0 Å². The van der Waals surface area contributed by atoms with Crippen LogP contribution in [0.3, 0.4) is 0 Å². The van der Waals surface area contributed by atoms with Gasteiger partial charge in [0.25, 0.3) is 0 Å². The summed E-state index contributed by atoms with van der Waals surface area (Å²) in [6, 6.07) is 11.0. The topological polar surface area (TPSA) is 38.0 Å². The maximum absolute atomic E-state index is 13.7. The van der Waals surface area contributed by atoms with Crippen LogP contribution in [0, 0.1) is 18.6 Å². The van der Waals surface area contributed by atoms with E-state index >= 15 is 0 Å². The highest BCUT2D eigenvalue weighted by molar-refractivity contribution is 5.34. The zero-order chi connectivity index (χ0) is 13.1. The van der Waals surface area contributed by atoms with E-state index in [9.17, 15) is 8.78 Å². The summed E-state index contributed by atoms with van der Waals surface area (Å²) in [5, 5.41) is 0. The molecular formula is C14H14F2N2. The highest BCUT2D eigenvalue weighted by atomic mass is 19.2. The highest BCUT2D eigenvalue weighted by Gasteiger charge is 2.18. The number of hydrazine groups is 1. The Morgan fingerprint density at radius 2 is 1.72 bits per heavy atom. The molecule has 0 aliphatic heterocycles. The summed E-state index contributed by atoms with van der Waals surface area (Å²) in [4.78, 5) is 0. The van der Waals surface area contributed by atoms with Gasteiger partial charge in [-0.1, -0.05) is 42.0 Å². The molecule has 0 spiro atoms. The Kier molecular flexibility index (Phi) is 3.69. The first kappa shape index (κ1) is 12.7. The second-order valence-corrected chi connectivity index (χ2v) is 4.15. The minimum absolute atomic E-state index is 0.196. The molecule has 0 saturated heterocycles. The fourth-order valence-corrected chi connectivity index (χ4v) is 1.87. The first-order chi connectivity index (χ1) is 8.63. The predicted octanol–water partition coefficient (Wildman–Crippen LogP) is 2.83. The van der Waals surface area contributed by atoms with E-state index in [1.165, 1.54) is 12.1 Å². The summed E-state index contributed by atoms with van der Waals surface area (Å²) in [5.74, 6) is 3.71. The van der Waals surface area contributed by atoms with Gasteiger partial charge in [0, 0.05) is 5.56 Å². The van der Waals surface area contributed by atoms with Crippen molar-refractivity contribution in [1.82, 2.24) is 5.43 Å². The van der Waals surface area contributed by atoms with Crippen LogP contribution in [0.4, 0.5) is 8.78 Å². The molecule has 0 amide bonds. The van der Waals surface area contributed by atoms with Crippen molar-refractivity contribution in [3.8, 4) is 0 Å². The largest absolute Gasteiger partial charge is 0.271 e. The van der Waals surface area contributed by atoms with E-state index in [-0.39, 0.29) is 5.56 Å². The summed E-state index contributed by atoms with van der Waals surface area (Å²) < 4.78 is 26.9. The van der Waals surface area contributed by atoms with Crippen LogP contribution in [0.25, 0.3) is 0 Å². The van der Waals surface area contributed by atoms with Crippen molar-refractivity contribution in [3.63, 3.8) is 0 Å². The first-order valence-corrected chi connectivity index (χ1v) is 5.60. The molecular weight excluding hydrogens is 234 g/mol. The normalized spacial score (nSPS) is 12.4. The third kappa shape index (κ3) is 2.39. The molecule has 0 fully saturated rings. The number of nitrogens with two attached hydrogens (primary N) is 1. The van der Waals surface area contributed by atoms with E-state index in [1.54, 1.807) is 0 Å². The lowest BCUT2D eigenvalue weighted by Gasteiger charge is -2.18. The maximum atomic E-state index is 13.7. The molecule has 94 valence electrons. The van der Waals surface area contributed by atoms with Crippen molar-refractivity contribution in [2.45, 2.75) is 13.0 Å². The predicted molar refractivity (Wildman–Crippen MR) is 66.7 cm³/mol. The summed E-state index contributed by atoms with van der Waals surface area (Å²) in [6.45, 7) is 1.96. The van der Waals surface area contributed by atoms with Crippen LogP contribution in [0.5, 0.6) is 0 Å². The second-order valence-electron chi connectivity index (χ2n) is 4.15. The smallest absolute Gasteiger partial charge is 0.163 e. The van der Waals surface area contributed by atoms with Crippen molar-refractivity contribution < 1.29 is 8.78 Å². The third-order valence-corrected chi connectivity index (χ3v) is 2.87. The molecule has 1 unspecified atom stereocenters. The average molecular weight is 248 g/mol. The molecule has 0 aliphatic rings. The second kappa shape index (κ2) is 5.25. The quantitative estimate of drug-likeness (QED) is 0.647. The Bertz CT molecular complexity index is 538. The molecule has 3 N–H and O–H groups in total. The maximum Gasteiger partial charge on any atom is 0.163 e. The Balaban J connectivity index is 2.45. The number of rotatable bonds is 3. The Morgan fingerprint density at radius 3 is 2.33 bits per heavy atom. The summed E-state index contributed by atoms with van der Waals surface area (Å²) >= 11 is 0. The van der Waals surface area contributed by atoms with Crippen LogP contribution >= 0.6 is 0 Å². The van der Waals surface area contributed by atoms with Crippen LogP contribution in [0.1, 0.15) is 22.7 Å². The molecule has 0 heterocycles. The Labute approximate surface area is 104 Å². The van der Waals surface area contributed by atoms with Crippen LogP contribution < -0.4 is 11.3 Å². The molecule has 0 aliphatic carbocycles. The fourth-order valence-electron chi connectivity index (χ4n) is 1.87. The molecule has 0 bridgehead atoms. The third-order valence-electron chi connectivity index (χ3n) is 2.87. The zero-order valence-corrected chi connectivity index (χ0v) is 9.95. The minimum atomic E-state index is -0.875. The van der Waals surface area contributed by atoms with Gasteiger partial charge in [-0.15, -0.1) is 0 Å². The van der Waals surface area contributed by atoms with Crippen molar-refractivity contribution >= 4 is 0 Å². The number of aryl methyl sites for hydroxylation is 1. The van der Waals surface area contributed by atoms with Gasteiger partial charge in [-0.25, -0.2) is 14.2 Å². The van der Waals surface area contributed by atoms with Crippen molar-refractivity contribution in [2.75, 3.05) is 0 Å². The van der Waals surface area contributed by atoms with Gasteiger partial charge in [-0.3, -0.25) is 5.84 Å². The van der Waals surface area contributed by atoms with Crippen molar-refractivity contribution in [3.05, 3.63) is 70.8 Å².